The van der Waals surface area contributed by atoms with E-state index in [0.717, 1.165) is 53.8 Å². The predicted molar refractivity (Wildman–Crippen MR) is 218 cm³/mol. The lowest BCUT2D eigenvalue weighted by atomic mass is 9.87. The zero-order chi connectivity index (χ0) is 39.9. The first-order valence-corrected chi connectivity index (χ1v) is 20.4. The highest BCUT2D eigenvalue weighted by Gasteiger charge is 2.31. The van der Waals surface area contributed by atoms with Crippen molar-refractivity contribution in [2.24, 2.45) is 5.41 Å². The van der Waals surface area contributed by atoms with Crippen LogP contribution in [-0.4, -0.2) is 70.8 Å². The van der Waals surface area contributed by atoms with E-state index < -0.39 is 22.7 Å². The van der Waals surface area contributed by atoms with Gasteiger partial charge in [-0.1, -0.05) is 45.0 Å². The number of ether oxygens (including phenoxy) is 2. The Morgan fingerprint density at radius 3 is 2.00 bits per heavy atom. The summed E-state index contributed by atoms with van der Waals surface area (Å²) < 4.78 is 43.0. The summed E-state index contributed by atoms with van der Waals surface area (Å²) in [5.74, 6) is -1.30. The summed E-state index contributed by atoms with van der Waals surface area (Å²) in [6.07, 6.45) is 4.28. The molecule has 5 rings (SSSR count). The monoisotopic (exact) mass is 894 g/mol. The van der Waals surface area contributed by atoms with E-state index in [0.29, 0.717) is 18.8 Å². The van der Waals surface area contributed by atoms with Crippen molar-refractivity contribution >= 4 is 53.8 Å². The highest BCUT2D eigenvalue weighted by molar-refractivity contribution is 9.10. The first-order valence-electron chi connectivity index (χ1n) is 17.4. The molecular formula is C40H44Br2N6O6S. The number of carbonyl (C=O) groups is 1. The normalized spacial score (nSPS) is 12.5. The Labute approximate surface area is 339 Å². The van der Waals surface area contributed by atoms with Gasteiger partial charge in [-0.25, -0.2) is 22.5 Å². The Bertz CT molecular complexity index is 2150. The number of halogens is 2. The molecule has 0 radical (unpaired) electrons. The number of aryl methyl sites for hydroxylation is 2. The third-order valence-electron chi connectivity index (χ3n) is 8.66. The molecule has 290 valence electrons. The number of pyridine rings is 2. The highest BCUT2D eigenvalue weighted by Crippen LogP contribution is 2.33. The van der Waals surface area contributed by atoms with Crippen molar-refractivity contribution in [1.29, 1.82) is 0 Å². The maximum Gasteiger partial charge on any atom is 0.335 e. The van der Waals surface area contributed by atoms with Crippen molar-refractivity contribution in [3.8, 4) is 17.1 Å². The van der Waals surface area contributed by atoms with Crippen molar-refractivity contribution in [3.05, 3.63) is 122 Å². The van der Waals surface area contributed by atoms with Crippen LogP contribution in [0.25, 0.3) is 11.3 Å². The van der Waals surface area contributed by atoms with Crippen molar-refractivity contribution in [1.82, 2.24) is 24.8 Å². The van der Waals surface area contributed by atoms with Crippen LogP contribution in [0.3, 0.4) is 0 Å². The Kier molecular flexibility index (Phi) is 13.8. The van der Waals surface area contributed by atoms with Gasteiger partial charge in [-0.2, -0.15) is 4.98 Å². The van der Waals surface area contributed by atoms with E-state index >= 15 is 0 Å². The molecule has 0 fully saturated rings. The number of carboxylic acids is 1. The van der Waals surface area contributed by atoms with Gasteiger partial charge in [0.25, 0.3) is 10.0 Å². The van der Waals surface area contributed by atoms with Gasteiger partial charge < -0.3 is 14.6 Å². The zero-order valence-electron chi connectivity index (χ0n) is 31.5. The van der Waals surface area contributed by atoms with Crippen LogP contribution in [0.5, 0.6) is 5.88 Å². The van der Waals surface area contributed by atoms with E-state index in [-0.39, 0.29) is 40.4 Å². The minimum atomic E-state index is -4.42. The molecule has 1 atom stereocenters. The minimum Gasteiger partial charge on any atom is -0.478 e. The molecular weight excluding hydrogens is 852 g/mol. The standard InChI is InChI=1S/C40H44Br2N6O6S/c1-26-9-7-10-27(2)37(26)35-18-36(46-39(45-35)48(25-53-6)55(51,52)34-12-8-11-28(17-34)38(49)50)54-24-33(19-40(3,4)5)47(22-31-15-13-29(41)20-43-31)23-32-16-14-30(42)21-44-32/h7-18,20-21,33H,19,22-25H2,1-6H3,(H,49,50)/t33-/m1/s1. The molecule has 15 heteroatoms. The Morgan fingerprint density at radius 2 is 1.47 bits per heavy atom. The van der Waals surface area contributed by atoms with Gasteiger partial charge >= 0.3 is 5.97 Å². The molecule has 3 aromatic heterocycles. The number of aromatic nitrogens is 4. The van der Waals surface area contributed by atoms with Crippen molar-refractivity contribution in [2.75, 3.05) is 24.8 Å². The van der Waals surface area contributed by atoms with Gasteiger partial charge in [-0.3, -0.25) is 14.9 Å². The number of nitrogens with zero attached hydrogens (tertiary/aromatic N) is 6. The lowest BCUT2D eigenvalue weighted by Crippen LogP contribution is -2.41. The number of hydrogen-bond donors (Lipinski definition) is 1. The summed E-state index contributed by atoms with van der Waals surface area (Å²) >= 11 is 6.98. The number of anilines is 1. The fraction of sp³-hybridized carbons (Fsp3) is 0.325. The molecule has 3 heterocycles. The molecule has 12 nitrogen and oxygen atoms in total. The maximum absolute atomic E-state index is 14.2. The smallest absolute Gasteiger partial charge is 0.335 e. The minimum absolute atomic E-state index is 0.110. The molecule has 1 N–H and O–H groups in total. The van der Waals surface area contributed by atoms with Crippen molar-refractivity contribution < 1.29 is 27.8 Å². The van der Waals surface area contributed by atoms with Crippen LogP contribution in [0.2, 0.25) is 0 Å². The molecule has 0 aliphatic heterocycles. The summed E-state index contributed by atoms with van der Waals surface area (Å²) in [6.45, 7) is 11.2. The number of methoxy groups -OCH3 is 1. The van der Waals surface area contributed by atoms with Gasteiger partial charge in [0.05, 0.1) is 27.5 Å². The first-order chi connectivity index (χ1) is 26.0. The number of hydrogen-bond acceptors (Lipinski definition) is 10. The average molecular weight is 897 g/mol. The highest BCUT2D eigenvalue weighted by atomic mass is 79.9. The number of carboxylic acid groups (broad SMARTS) is 1. The Hall–Kier alpha value is -4.28. The quantitative estimate of drug-likeness (QED) is 0.0952. The Morgan fingerprint density at radius 1 is 0.873 bits per heavy atom. The van der Waals surface area contributed by atoms with Gasteiger partial charge in [0.2, 0.25) is 11.8 Å². The molecule has 0 saturated heterocycles. The van der Waals surface area contributed by atoms with Crippen molar-refractivity contribution in [3.63, 3.8) is 0 Å². The second-order valence-electron chi connectivity index (χ2n) is 14.3. The molecule has 2 aromatic carbocycles. The van der Waals surface area contributed by atoms with Gasteiger partial charge in [0, 0.05) is 59.2 Å². The van der Waals surface area contributed by atoms with E-state index in [4.69, 9.17) is 14.5 Å². The number of aromatic carboxylic acids is 1. The zero-order valence-corrected chi connectivity index (χ0v) is 35.5. The molecule has 0 spiro atoms. The fourth-order valence-electron chi connectivity index (χ4n) is 6.13. The van der Waals surface area contributed by atoms with Crippen LogP contribution in [0.1, 0.15) is 60.1 Å². The average Bonchev–Trinajstić information content (AvgIpc) is 3.13. The third-order valence-corrected chi connectivity index (χ3v) is 11.3. The summed E-state index contributed by atoms with van der Waals surface area (Å²) in [4.78, 5) is 32.5. The van der Waals surface area contributed by atoms with E-state index in [9.17, 15) is 18.3 Å². The number of rotatable bonds is 16. The van der Waals surface area contributed by atoms with Crippen LogP contribution in [0, 0.1) is 19.3 Å². The third kappa shape index (κ3) is 11.2. The van der Waals surface area contributed by atoms with Crippen LogP contribution in [0.15, 0.2) is 99.0 Å². The van der Waals surface area contributed by atoms with E-state index in [1.807, 2.05) is 56.3 Å². The van der Waals surface area contributed by atoms with E-state index in [2.05, 4.69) is 72.5 Å². The molecule has 0 bridgehead atoms. The first kappa shape index (κ1) is 41.9. The maximum atomic E-state index is 14.2. The van der Waals surface area contributed by atoms with Crippen molar-refractivity contribution in [2.45, 2.75) is 65.1 Å². The van der Waals surface area contributed by atoms with Gasteiger partial charge in [0.15, 0.2) is 0 Å². The second kappa shape index (κ2) is 18.1. The number of benzene rings is 2. The van der Waals surface area contributed by atoms with E-state index in [1.165, 1.54) is 25.3 Å². The lowest BCUT2D eigenvalue weighted by Gasteiger charge is -2.35. The lowest BCUT2D eigenvalue weighted by molar-refractivity contribution is 0.0696. The van der Waals surface area contributed by atoms with Gasteiger partial charge in [-0.15, -0.1) is 0 Å². The van der Waals surface area contributed by atoms with Crippen LogP contribution < -0.4 is 9.04 Å². The second-order valence-corrected chi connectivity index (χ2v) is 18.0. The molecule has 55 heavy (non-hydrogen) atoms. The summed E-state index contributed by atoms with van der Waals surface area (Å²) in [5, 5.41) is 9.60. The number of sulfonamides is 1. The fourth-order valence-corrected chi connectivity index (χ4v) is 7.92. The summed E-state index contributed by atoms with van der Waals surface area (Å²) in [5.41, 5.74) is 4.54. The van der Waals surface area contributed by atoms with Crippen LogP contribution in [-0.2, 0) is 27.8 Å². The van der Waals surface area contributed by atoms with Gasteiger partial charge in [-0.05, 0) is 111 Å². The topological polar surface area (TPSA) is 148 Å². The summed E-state index contributed by atoms with van der Waals surface area (Å²) in [7, 11) is -3.06. The SMILES string of the molecule is COCN(c1nc(OC[C@@H](CC(C)(C)C)N(Cc2ccc(Br)cn2)Cc2ccc(Br)cn2)cc(-c2c(C)cccc2C)n1)S(=O)(=O)c1cccc(C(=O)O)c1. The molecule has 0 aliphatic carbocycles. The predicted octanol–water partition coefficient (Wildman–Crippen LogP) is 8.46. The molecule has 0 amide bonds. The largest absolute Gasteiger partial charge is 0.478 e. The molecule has 0 aliphatic rings. The van der Waals surface area contributed by atoms with E-state index in [1.54, 1.807) is 18.5 Å². The Balaban J connectivity index is 1.60. The molecule has 0 saturated carbocycles. The van der Waals surface area contributed by atoms with Crippen LogP contribution in [0.4, 0.5) is 5.95 Å². The van der Waals surface area contributed by atoms with Gasteiger partial charge in [0.1, 0.15) is 13.3 Å². The molecule has 5 aromatic rings. The molecule has 0 unspecified atom stereocenters. The van der Waals surface area contributed by atoms with Crippen LogP contribution >= 0.6 is 31.9 Å². The summed E-state index contributed by atoms with van der Waals surface area (Å²) in [6, 6.07) is 20.4.